The lowest BCUT2D eigenvalue weighted by atomic mass is 9.43. The first-order valence-electron chi connectivity index (χ1n) is 29.2. The Morgan fingerprint density at radius 3 is 1.70 bits per heavy atom. The molecule has 3 N–H and O–H groups in total. The minimum absolute atomic E-state index is 0.00136. The second-order valence-electron chi connectivity index (χ2n) is 27.3. The maximum absolute atomic E-state index is 14.2. The molecule has 6 aliphatic carbocycles. The summed E-state index contributed by atoms with van der Waals surface area (Å²) in [4.78, 5) is 85.0. The molecule has 0 aromatic rings. The summed E-state index contributed by atoms with van der Waals surface area (Å²) in [5.41, 5.74) is -2.30. The van der Waals surface area contributed by atoms with Crippen molar-refractivity contribution in [3.05, 3.63) is 0 Å². The molecule has 0 spiro atoms. The summed E-state index contributed by atoms with van der Waals surface area (Å²) >= 11 is 0. The van der Waals surface area contributed by atoms with E-state index in [4.69, 9.17) is 14.2 Å². The van der Waals surface area contributed by atoms with Gasteiger partial charge in [-0.2, -0.15) is 0 Å². The molecule has 0 aromatic heterocycles. The summed E-state index contributed by atoms with van der Waals surface area (Å²) in [5.74, 6) is 0.797. The molecule has 0 aromatic carbocycles. The molecule has 6 saturated carbocycles. The van der Waals surface area contributed by atoms with Crippen molar-refractivity contribution in [2.24, 2.45) is 91.7 Å². The highest BCUT2D eigenvalue weighted by Crippen LogP contribution is 2.70. The predicted octanol–water partition coefficient (Wildman–Crippen LogP) is 8.99. The molecule has 10 rings (SSSR count). The zero-order valence-corrected chi connectivity index (χ0v) is 46.7. The molecule has 4 saturated heterocycles. The molecule has 0 radical (unpaired) electrons. The van der Waals surface area contributed by atoms with Gasteiger partial charge in [0, 0.05) is 73.7 Å². The Morgan fingerprint density at radius 2 is 1.19 bits per heavy atom. The van der Waals surface area contributed by atoms with Crippen molar-refractivity contribution in [1.82, 2.24) is 20.4 Å². The van der Waals surface area contributed by atoms with E-state index in [-0.39, 0.29) is 81.4 Å². The Balaban J connectivity index is 0.000000180. The first kappa shape index (κ1) is 54.8. The molecule has 410 valence electrons. The van der Waals surface area contributed by atoms with Gasteiger partial charge in [0.25, 0.3) is 0 Å². The van der Waals surface area contributed by atoms with Crippen LogP contribution in [0.5, 0.6) is 0 Å². The summed E-state index contributed by atoms with van der Waals surface area (Å²) in [6.07, 6.45) is 10.7. The number of hydrogen-bond acceptors (Lipinski definition) is 12. The number of nitrogens with one attached hydrogen (secondary N) is 2. The van der Waals surface area contributed by atoms with Crippen molar-refractivity contribution in [1.29, 1.82) is 0 Å². The molecule has 4 heterocycles. The van der Waals surface area contributed by atoms with E-state index in [2.05, 4.69) is 89.7 Å². The number of carbonyl (C=O) groups excluding carboxylic acids is 6. The molecule has 10 fully saturated rings. The van der Waals surface area contributed by atoms with Crippen LogP contribution in [0.25, 0.3) is 0 Å². The smallest absolute Gasteiger partial charge is 0.414 e. The second kappa shape index (κ2) is 20.1. The van der Waals surface area contributed by atoms with Crippen LogP contribution in [-0.2, 0) is 33.4 Å². The lowest BCUT2D eigenvalue weighted by Gasteiger charge is -2.62. The molecule has 4 amide bonds. The summed E-state index contributed by atoms with van der Waals surface area (Å²) in [7, 11) is 1.78. The second-order valence-corrected chi connectivity index (χ2v) is 27.3. The van der Waals surface area contributed by atoms with Gasteiger partial charge in [-0.3, -0.25) is 29.8 Å². The lowest BCUT2D eigenvalue weighted by Crippen LogP contribution is -2.63. The van der Waals surface area contributed by atoms with Crippen LogP contribution in [0.4, 0.5) is 9.59 Å². The number of hydrogen-bond donors (Lipinski definition) is 3. The van der Waals surface area contributed by atoms with E-state index in [9.17, 15) is 33.9 Å². The Morgan fingerprint density at radius 1 is 0.671 bits per heavy atom. The number of aliphatic hydroxyl groups is 1. The maximum Gasteiger partial charge on any atom is 0.414 e. The van der Waals surface area contributed by atoms with Crippen LogP contribution in [0.15, 0.2) is 0 Å². The van der Waals surface area contributed by atoms with E-state index in [0.717, 1.165) is 116 Å². The fraction of sp³-hybridized carbons (Fsp3) is 0.898. The molecule has 8 bridgehead atoms. The van der Waals surface area contributed by atoms with Gasteiger partial charge < -0.3 is 29.1 Å². The average molecular weight is 1020 g/mol. The van der Waals surface area contributed by atoms with Gasteiger partial charge in [0.15, 0.2) is 0 Å². The predicted molar refractivity (Wildman–Crippen MR) is 277 cm³/mol. The van der Waals surface area contributed by atoms with Crippen molar-refractivity contribution < 1.29 is 48.1 Å². The maximum atomic E-state index is 14.2. The largest absolute Gasteiger partial charge is 0.445 e. The van der Waals surface area contributed by atoms with Gasteiger partial charge in [-0.15, -0.1) is 0 Å². The van der Waals surface area contributed by atoms with Gasteiger partial charge in [-0.25, -0.2) is 9.59 Å². The highest BCUT2D eigenvalue weighted by Gasteiger charge is 2.70. The zero-order valence-electron chi connectivity index (χ0n) is 46.7. The number of fused-ring (bicyclic) bond motifs is 4. The van der Waals surface area contributed by atoms with Gasteiger partial charge in [0.2, 0.25) is 11.8 Å². The molecule has 4 aliphatic heterocycles. The van der Waals surface area contributed by atoms with Gasteiger partial charge >= 0.3 is 12.2 Å². The van der Waals surface area contributed by atoms with E-state index in [1.807, 2.05) is 0 Å². The van der Waals surface area contributed by atoms with E-state index in [0.29, 0.717) is 49.3 Å². The van der Waals surface area contributed by atoms with E-state index < -0.39 is 46.7 Å². The summed E-state index contributed by atoms with van der Waals surface area (Å²) in [6.45, 7) is 27.1. The molecular weight excluding hydrogens is 925 g/mol. The van der Waals surface area contributed by atoms with Crippen LogP contribution < -0.4 is 10.6 Å². The summed E-state index contributed by atoms with van der Waals surface area (Å²) in [6, 6.07) is 0. The highest BCUT2D eigenvalue weighted by molar-refractivity contribution is 5.94. The monoisotopic (exact) mass is 1020 g/mol. The van der Waals surface area contributed by atoms with E-state index in [1.54, 1.807) is 7.11 Å². The summed E-state index contributed by atoms with van der Waals surface area (Å²) < 4.78 is 18.6. The van der Waals surface area contributed by atoms with Crippen LogP contribution in [0.2, 0.25) is 0 Å². The molecular formula is C59H94N4O10. The number of methoxy groups -OCH3 is 1. The molecule has 10 aliphatic rings. The number of nitrogens with zero attached hydrogens (tertiary/aromatic N) is 2. The number of Topliss-reactive ketones (excluding diaryl/α,β-unsaturated/α-hetero) is 2. The van der Waals surface area contributed by atoms with Crippen molar-refractivity contribution in [3.8, 4) is 0 Å². The highest BCUT2D eigenvalue weighted by atomic mass is 16.6. The first-order valence-corrected chi connectivity index (χ1v) is 29.2. The SMILES string of the molecule is CCC[C@]1(C)C[C@@H](OC(=O)NC(=O)[C@H]2CN3CC[C@@H]2C3)[C@@]2(C)C3C(=O)CCC3(CC[C@H]2C)[C@@H](C)[C@@H]1O.CCC[C@]1(C)C[C@@H](OC(=O)NC(=O)[C@H]2CN3CC[C@@H]2C3)[C@@]2(C)C3[C@H](OC)CCC3(CC[C@H]2C)[C@@H](C)C1=O. The normalized spacial score (nSPS) is 49.3. The Labute approximate surface area is 437 Å². The fourth-order valence-electron chi connectivity index (χ4n) is 19.5. The van der Waals surface area contributed by atoms with Gasteiger partial charge in [0.1, 0.15) is 23.8 Å². The van der Waals surface area contributed by atoms with E-state index >= 15 is 0 Å². The molecule has 22 atom stereocenters. The molecule has 73 heavy (non-hydrogen) atoms. The van der Waals surface area contributed by atoms with Crippen molar-refractivity contribution in [3.63, 3.8) is 0 Å². The van der Waals surface area contributed by atoms with Crippen molar-refractivity contribution in [2.45, 2.75) is 196 Å². The van der Waals surface area contributed by atoms with Crippen LogP contribution in [0, 0.1) is 91.7 Å². The van der Waals surface area contributed by atoms with Gasteiger partial charge in [0.05, 0.1) is 24.0 Å². The third-order valence-electron chi connectivity index (χ3n) is 24.0. The molecule has 6 unspecified atom stereocenters. The molecule has 14 nitrogen and oxygen atoms in total. The minimum atomic E-state index is -0.695. The van der Waals surface area contributed by atoms with Crippen LogP contribution in [-0.4, -0.2) is 121 Å². The topological polar surface area (TPSA) is 181 Å². The summed E-state index contributed by atoms with van der Waals surface area (Å²) in [5, 5.41) is 17.0. The minimum Gasteiger partial charge on any atom is -0.445 e. The standard InChI is InChI=1S/C30H48N2O5.C29H46N2O5/c1-7-11-28(4)15-23(37-27(35)31-26(34)21-17-32-14-10-20(21)16-32)29(5)18(2)8-12-30(19(3)25(28)33)13-9-22(36-6)24(29)30;1-6-10-27(4)14-22(36-26(35)30-25(34)20-16-31-13-9-19(20)15-31)28(5)17(2)7-11-29(18(3)24(27)33)12-8-21(32)23(28)29/h18-24H,7-17H2,1-6H3,(H,31,34,35);17-20,22-24,33H,6-16H2,1-5H3,(H,30,34,35)/t18-,19+,20-,21+,22-,23-,24?,28-,29+,30?;17-,18+,19-,20+,22-,23?,24+,27-,28+,29?/m11/s1. The number of carbonyl (C=O) groups is 6. The van der Waals surface area contributed by atoms with Crippen LogP contribution in [0.3, 0.4) is 0 Å². The zero-order chi connectivity index (χ0) is 52.8. The average Bonchev–Trinajstić information content (AvgIpc) is 4.24. The number of aliphatic hydroxyl groups excluding tert-OH is 1. The first-order chi connectivity index (χ1) is 34.5. The number of ketones is 2. The lowest BCUT2D eigenvalue weighted by molar-refractivity contribution is -0.199. The third-order valence-corrected chi connectivity index (χ3v) is 24.0. The number of ether oxygens (including phenoxy) is 3. The Kier molecular flexibility index (Phi) is 15.1. The quantitative estimate of drug-likeness (QED) is 0.200. The number of piperidine rings is 2. The number of imide groups is 2. The Bertz CT molecular complexity index is 2160. The Hall–Kier alpha value is -2.94. The van der Waals surface area contributed by atoms with Crippen LogP contribution in [0.1, 0.15) is 172 Å². The third kappa shape index (κ3) is 8.88. The number of amides is 4. The van der Waals surface area contributed by atoms with Crippen molar-refractivity contribution >= 4 is 35.6 Å². The van der Waals surface area contributed by atoms with Crippen LogP contribution >= 0.6 is 0 Å². The van der Waals surface area contributed by atoms with E-state index in [1.165, 1.54) is 0 Å². The fourth-order valence-corrected chi connectivity index (χ4v) is 19.5. The number of alkyl carbamates (subject to hydrolysis) is 2. The molecule has 14 heteroatoms. The van der Waals surface area contributed by atoms with Gasteiger partial charge in [-0.1, -0.05) is 82.1 Å². The number of rotatable bonds is 9. The van der Waals surface area contributed by atoms with Gasteiger partial charge in [-0.05, 0) is 142 Å². The van der Waals surface area contributed by atoms with Crippen molar-refractivity contribution in [2.75, 3.05) is 46.4 Å².